The summed E-state index contributed by atoms with van der Waals surface area (Å²) < 4.78 is 1.39. The highest BCUT2D eigenvalue weighted by atomic mass is 32.2. The average Bonchev–Trinajstić information content (AvgIpc) is 3.55. The number of carbonyl (C=O) groups is 3. The third kappa shape index (κ3) is 5.68. The van der Waals surface area contributed by atoms with Crippen molar-refractivity contribution in [1.82, 2.24) is 4.57 Å². The van der Waals surface area contributed by atoms with Crippen molar-refractivity contribution in [3.05, 3.63) is 121 Å². The monoisotopic (exact) mass is 693 g/mol. The summed E-state index contributed by atoms with van der Waals surface area (Å²) in [7, 11) is 0. The number of rotatable bonds is 9. The van der Waals surface area contributed by atoms with E-state index in [4.69, 9.17) is 0 Å². The summed E-state index contributed by atoms with van der Waals surface area (Å²) in [5, 5.41) is 15.6. The fourth-order valence-electron chi connectivity index (χ4n) is 6.74. The van der Waals surface area contributed by atoms with Gasteiger partial charge in [-0.1, -0.05) is 71.6 Å². The molecule has 1 N–H and O–H groups in total. The minimum Gasteiger partial charge on any atom is -0.372 e. The topological polar surface area (TPSA) is 135 Å². The number of benzene rings is 4. The molecule has 0 radical (unpaired) electrons. The van der Waals surface area contributed by atoms with Crippen LogP contribution in [-0.2, 0) is 20.9 Å². The van der Waals surface area contributed by atoms with Gasteiger partial charge in [0.15, 0.2) is 0 Å². The number of thioether (sulfide) groups is 1. The van der Waals surface area contributed by atoms with Crippen LogP contribution in [0.15, 0.2) is 101 Å². The van der Waals surface area contributed by atoms with Crippen molar-refractivity contribution in [3.8, 4) is 0 Å². The van der Waals surface area contributed by atoms with E-state index in [-0.39, 0.29) is 22.8 Å². The summed E-state index contributed by atoms with van der Waals surface area (Å²) in [5.41, 5.74) is 2.48. The normalized spacial score (nSPS) is 18.3. The number of carbonyl (C=O) groups excluding carboxylic acids is 3. The molecule has 7 rings (SSSR count). The van der Waals surface area contributed by atoms with Crippen molar-refractivity contribution in [1.29, 1.82) is 0 Å². The van der Waals surface area contributed by atoms with E-state index in [2.05, 4.69) is 24.1 Å². The molecule has 11 nitrogen and oxygen atoms in total. The minimum atomic E-state index is -0.885. The van der Waals surface area contributed by atoms with E-state index in [1.165, 1.54) is 28.8 Å². The number of nitro groups is 1. The molecule has 3 unspecified atom stereocenters. The Bertz CT molecular complexity index is 2170. The number of hydrogen-bond donors (Lipinski definition) is 1. The van der Waals surface area contributed by atoms with E-state index in [0.29, 0.717) is 15.6 Å². The van der Waals surface area contributed by atoms with Gasteiger partial charge in [0, 0.05) is 52.8 Å². The first-order chi connectivity index (χ1) is 23.7. The van der Waals surface area contributed by atoms with Crippen molar-refractivity contribution in [2.24, 2.45) is 5.92 Å². The molecular formula is C36H31N5O6S2. The first kappa shape index (κ1) is 32.3. The predicted molar refractivity (Wildman–Crippen MR) is 192 cm³/mol. The van der Waals surface area contributed by atoms with Crippen LogP contribution in [0.5, 0.6) is 0 Å². The van der Waals surface area contributed by atoms with Gasteiger partial charge in [-0.05, 0) is 55.1 Å². The molecule has 2 aliphatic heterocycles. The number of non-ortho nitro benzene ring substituents is 1. The highest BCUT2D eigenvalue weighted by Crippen LogP contribution is 2.54. The Labute approximate surface area is 289 Å². The largest absolute Gasteiger partial charge is 0.372 e. The zero-order valence-corrected chi connectivity index (χ0v) is 28.2. The molecule has 3 heterocycles. The van der Waals surface area contributed by atoms with E-state index >= 15 is 0 Å². The summed E-state index contributed by atoms with van der Waals surface area (Å²) in [6.45, 7) is 5.48. The first-order valence-corrected chi connectivity index (χ1v) is 17.5. The van der Waals surface area contributed by atoms with Gasteiger partial charge in [-0.2, -0.15) is 0 Å². The molecule has 0 aliphatic carbocycles. The molecule has 13 heteroatoms. The Morgan fingerprint density at radius 3 is 2.29 bits per heavy atom. The first-order valence-electron chi connectivity index (χ1n) is 15.8. The molecule has 2 aliphatic rings. The van der Waals surface area contributed by atoms with E-state index in [1.54, 1.807) is 6.07 Å². The fourth-order valence-corrected chi connectivity index (χ4v) is 9.51. The maximum absolute atomic E-state index is 14.2. The predicted octanol–water partition coefficient (Wildman–Crippen LogP) is 6.25. The Balaban J connectivity index is 1.27. The lowest BCUT2D eigenvalue weighted by Crippen LogP contribution is -2.33. The maximum atomic E-state index is 14.2. The number of thiazole rings is 1. The second-order valence-corrected chi connectivity index (χ2v) is 13.9. The van der Waals surface area contributed by atoms with Gasteiger partial charge < -0.3 is 10.2 Å². The number of fused-ring (bicyclic) bond motifs is 3. The number of aromatic nitrogens is 1. The van der Waals surface area contributed by atoms with Crippen LogP contribution in [0.4, 0.5) is 22.7 Å². The van der Waals surface area contributed by atoms with Crippen molar-refractivity contribution >= 4 is 74.3 Å². The van der Waals surface area contributed by atoms with Gasteiger partial charge in [0.05, 0.1) is 21.6 Å². The van der Waals surface area contributed by atoms with Crippen LogP contribution < -0.4 is 20.0 Å². The van der Waals surface area contributed by atoms with Crippen molar-refractivity contribution < 1.29 is 19.3 Å². The standard InChI is InChI=1S/C36H31N5O6S2/c1-3-38(4-2)23-14-12-22(13-15-23)29-30-31(34(44)40(33(30)43)24-16-18-25(19-17-24)41(46)47)48-35-32(29)49-36(45)39(35)20-28(42)37-27-11-7-9-21-8-5-6-10-26(21)27/h5-19,29-31H,3-4,20H2,1-2H3,(H,37,42). The van der Waals surface area contributed by atoms with Gasteiger partial charge in [0.2, 0.25) is 17.7 Å². The van der Waals surface area contributed by atoms with E-state index < -0.39 is 39.7 Å². The van der Waals surface area contributed by atoms with E-state index in [1.807, 2.05) is 60.7 Å². The molecule has 1 fully saturated rings. The minimum absolute atomic E-state index is 0.159. The van der Waals surface area contributed by atoms with Crippen molar-refractivity contribution in [3.63, 3.8) is 0 Å². The number of nitrogens with one attached hydrogen (secondary N) is 1. The second-order valence-electron chi connectivity index (χ2n) is 11.8. The third-order valence-corrected chi connectivity index (χ3v) is 11.7. The summed E-state index contributed by atoms with van der Waals surface area (Å²) in [6, 6.07) is 26.4. The Hall–Kier alpha value is -5.27. The Morgan fingerprint density at radius 1 is 0.898 bits per heavy atom. The highest BCUT2D eigenvalue weighted by molar-refractivity contribution is 8.00. The summed E-state index contributed by atoms with van der Waals surface area (Å²) >= 11 is 2.11. The number of hydrogen-bond acceptors (Lipinski definition) is 9. The zero-order valence-electron chi connectivity index (χ0n) is 26.6. The molecule has 5 aromatic rings. The van der Waals surface area contributed by atoms with Crippen LogP contribution in [0, 0.1) is 16.0 Å². The van der Waals surface area contributed by atoms with Gasteiger partial charge >= 0.3 is 4.87 Å². The molecule has 3 amide bonds. The van der Waals surface area contributed by atoms with Crippen molar-refractivity contribution in [2.75, 3.05) is 28.2 Å². The molecule has 248 valence electrons. The number of nitrogens with zero attached hydrogens (tertiary/aromatic N) is 4. The van der Waals surface area contributed by atoms with E-state index in [0.717, 1.165) is 63.1 Å². The number of amides is 3. The van der Waals surface area contributed by atoms with Crippen molar-refractivity contribution in [2.45, 2.75) is 36.6 Å². The average molecular weight is 694 g/mol. The number of anilines is 3. The quantitative estimate of drug-likeness (QED) is 0.109. The van der Waals surface area contributed by atoms with Gasteiger partial charge in [-0.3, -0.25) is 33.9 Å². The lowest BCUT2D eigenvalue weighted by atomic mass is 9.83. The molecule has 0 saturated carbocycles. The zero-order chi connectivity index (χ0) is 34.4. The maximum Gasteiger partial charge on any atom is 0.308 e. The van der Waals surface area contributed by atoms with Crippen LogP contribution in [0.3, 0.4) is 0 Å². The summed E-state index contributed by atoms with van der Waals surface area (Å²) in [6.07, 6.45) is 0. The molecule has 1 aromatic heterocycles. The molecule has 1 saturated heterocycles. The fraction of sp³-hybridized carbons (Fsp3) is 0.222. The van der Waals surface area contributed by atoms with Gasteiger partial charge in [-0.15, -0.1) is 0 Å². The molecule has 4 aromatic carbocycles. The van der Waals surface area contributed by atoms with Gasteiger partial charge in [0.25, 0.3) is 5.69 Å². The van der Waals surface area contributed by atoms with Crippen LogP contribution in [-0.4, -0.2) is 45.6 Å². The molecule has 49 heavy (non-hydrogen) atoms. The lowest BCUT2D eigenvalue weighted by molar-refractivity contribution is -0.384. The second kappa shape index (κ2) is 13.0. The van der Waals surface area contributed by atoms with Gasteiger partial charge in [0.1, 0.15) is 11.8 Å². The van der Waals surface area contributed by atoms with E-state index in [9.17, 15) is 29.3 Å². The smallest absolute Gasteiger partial charge is 0.308 e. The lowest BCUT2D eigenvalue weighted by Gasteiger charge is -2.31. The van der Waals surface area contributed by atoms with Gasteiger partial charge in [-0.25, -0.2) is 4.90 Å². The van der Waals surface area contributed by atoms with Crippen LogP contribution in [0.1, 0.15) is 30.2 Å². The molecule has 0 spiro atoms. The molecular weight excluding hydrogens is 663 g/mol. The Kier molecular flexibility index (Phi) is 8.55. The SMILES string of the molecule is CCN(CC)c1ccc(C2c3sc(=O)n(CC(=O)Nc4cccc5ccccc45)c3SC3C(=O)N(c4ccc([N+](=O)[O-])cc4)C(=O)C32)cc1. The third-order valence-electron chi connectivity index (χ3n) is 9.11. The Morgan fingerprint density at radius 2 is 1.59 bits per heavy atom. The summed E-state index contributed by atoms with van der Waals surface area (Å²) in [4.78, 5) is 69.6. The highest BCUT2D eigenvalue weighted by Gasteiger charge is 2.56. The van der Waals surface area contributed by atoms with Crippen LogP contribution in [0.2, 0.25) is 0 Å². The molecule has 3 atom stereocenters. The number of imide groups is 1. The summed E-state index contributed by atoms with van der Waals surface area (Å²) in [5.74, 6) is -2.79. The van der Waals surface area contributed by atoms with Crippen LogP contribution in [0.25, 0.3) is 10.8 Å². The number of nitro benzene ring substituents is 1. The molecule has 0 bridgehead atoms. The van der Waals surface area contributed by atoms with Crippen LogP contribution >= 0.6 is 23.1 Å².